The van der Waals surface area contributed by atoms with E-state index < -0.39 is 0 Å². The molecule has 4 rings (SSSR count). The molecule has 1 aromatic carbocycles. The summed E-state index contributed by atoms with van der Waals surface area (Å²) in [7, 11) is 0. The number of benzene rings is 1. The molecule has 0 unspecified atom stereocenters. The maximum absolute atomic E-state index is 12.5. The lowest BCUT2D eigenvalue weighted by Crippen LogP contribution is -2.30. The van der Waals surface area contributed by atoms with E-state index in [0.717, 1.165) is 37.1 Å². The summed E-state index contributed by atoms with van der Waals surface area (Å²) in [5.41, 5.74) is 1.71. The van der Waals surface area contributed by atoms with Crippen LogP contribution >= 0.6 is 11.3 Å². The number of hydrogen-bond acceptors (Lipinski definition) is 4. The van der Waals surface area contributed by atoms with Crippen LogP contribution in [0.25, 0.3) is 21.3 Å². The van der Waals surface area contributed by atoms with E-state index in [9.17, 15) is 9.59 Å². The van der Waals surface area contributed by atoms with E-state index in [0.29, 0.717) is 16.0 Å². The van der Waals surface area contributed by atoms with Gasteiger partial charge < -0.3 is 9.88 Å². The van der Waals surface area contributed by atoms with Gasteiger partial charge in [-0.3, -0.25) is 9.59 Å². The fourth-order valence-corrected chi connectivity index (χ4v) is 4.10. The number of nitrogens with zero attached hydrogens (tertiary/aromatic N) is 2. The third-order valence-electron chi connectivity index (χ3n) is 4.36. The van der Waals surface area contributed by atoms with Crippen molar-refractivity contribution in [2.24, 2.45) is 0 Å². The number of nitrogens with one attached hydrogen (secondary N) is 1. The largest absolute Gasteiger partial charge is 0.342 e. The van der Waals surface area contributed by atoms with Crippen LogP contribution in [0.2, 0.25) is 0 Å². The fraction of sp³-hybridized carbons (Fsp3) is 0.278. The number of likely N-dealkylation sites (tertiary alicyclic amines) is 1. The number of aromatic amines is 1. The van der Waals surface area contributed by atoms with Gasteiger partial charge in [-0.1, -0.05) is 30.3 Å². The molecule has 0 radical (unpaired) electrons. The van der Waals surface area contributed by atoms with E-state index in [2.05, 4.69) is 9.97 Å². The Bertz CT molecular complexity index is 940. The number of carbonyl (C=O) groups excluding carboxylic acids is 1. The van der Waals surface area contributed by atoms with Gasteiger partial charge in [0.05, 0.1) is 11.8 Å². The van der Waals surface area contributed by atoms with Gasteiger partial charge in [-0.15, -0.1) is 11.3 Å². The number of hydrogen-bond donors (Lipinski definition) is 1. The molecule has 1 amide bonds. The summed E-state index contributed by atoms with van der Waals surface area (Å²) in [6, 6.07) is 9.80. The number of amides is 1. The number of aromatic nitrogens is 2. The molecule has 1 aliphatic heterocycles. The molecule has 2 aromatic heterocycles. The lowest BCUT2D eigenvalue weighted by atomic mass is 10.1. The van der Waals surface area contributed by atoms with E-state index in [1.165, 1.54) is 11.3 Å². The summed E-state index contributed by atoms with van der Waals surface area (Å²) in [5, 5.41) is 2.55. The minimum absolute atomic E-state index is 0.0369. The van der Waals surface area contributed by atoms with Crippen molar-refractivity contribution in [2.75, 3.05) is 13.1 Å². The maximum Gasteiger partial charge on any atom is 0.260 e. The molecule has 0 aliphatic carbocycles. The van der Waals surface area contributed by atoms with Crippen LogP contribution < -0.4 is 5.56 Å². The first-order chi connectivity index (χ1) is 11.7. The summed E-state index contributed by atoms with van der Waals surface area (Å²) in [5.74, 6) is 0.487. The second-order valence-corrected chi connectivity index (χ2v) is 6.83. The smallest absolute Gasteiger partial charge is 0.260 e. The normalized spacial score (nSPS) is 14.4. The maximum atomic E-state index is 12.5. The van der Waals surface area contributed by atoms with E-state index in [1.807, 2.05) is 40.6 Å². The van der Waals surface area contributed by atoms with Crippen molar-refractivity contribution in [1.82, 2.24) is 14.9 Å². The van der Waals surface area contributed by atoms with Gasteiger partial charge >= 0.3 is 0 Å². The van der Waals surface area contributed by atoms with Crippen LogP contribution in [0, 0.1) is 0 Å². The van der Waals surface area contributed by atoms with Gasteiger partial charge in [0, 0.05) is 24.0 Å². The van der Waals surface area contributed by atoms with Crippen molar-refractivity contribution in [3.05, 3.63) is 51.9 Å². The molecule has 6 heteroatoms. The molecule has 0 atom stereocenters. The highest BCUT2D eigenvalue weighted by molar-refractivity contribution is 7.17. The Balaban J connectivity index is 1.69. The minimum atomic E-state index is -0.177. The number of carbonyl (C=O) groups is 1. The Labute approximate surface area is 143 Å². The highest BCUT2D eigenvalue weighted by Gasteiger charge is 2.20. The third-order valence-corrected chi connectivity index (χ3v) is 5.23. The van der Waals surface area contributed by atoms with Crippen molar-refractivity contribution in [1.29, 1.82) is 0 Å². The van der Waals surface area contributed by atoms with Crippen LogP contribution in [0.15, 0.2) is 40.5 Å². The Morgan fingerprint density at radius 3 is 2.71 bits per heavy atom. The molecular formula is C18H17N3O2S. The Hall–Kier alpha value is -2.47. The second-order valence-electron chi connectivity index (χ2n) is 5.97. The number of fused-ring (bicyclic) bond motifs is 1. The first kappa shape index (κ1) is 15.1. The summed E-state index contributed by atoms with van der Waals surface area (Å²) in [6.07, 6.45) is 2.27. The van der Waals surface area contributed by atoms with E-state index in [1.54, 1.807) is 0 Å². The Morgan fingerprint density at radius 1 is 1.21 bits per heavy atom. The van der Waals surface area contributed by atoms with Crippen LogP contribution in [-0.4, -0.2) is 33.9 Å². The van der Waals surface area contributed by atoms with Crippen molar-refractivity contribution < 1.29 is 4.79 Å². The van der Waals surface area contributed by atoms with Gasteiger partial charge in [0.2, 0.25) is 5.91 Å². The van der Waals surface area contributed by atoms with E-state index in [-0.39, 0.29) is 17.9 Å². The Morgan fingerprint density at radius 2 is 1.96 bits per heavy atom. The number of rotatable bonds is 3. The average Bonchev–Trinajstić information content (AvgIpc) is 3.25. The van der Waals surface area contributed by atoms with E-state index >= 15 is 0 Å². The monoisotopic (exact) mass is 339 g/mol. The van der Waals surface area contributed by atoms with Crippen LogP contribution in [0.4, 0.5) is 0 Å². The zero-order valence-corrected chi connectivity index (χ0v) is 13.9. The molecule has 1 fully saturated rings. The summed E-state index contributed by atoms with van der Waals surface area (Å²) in [6.45, 7) is 1.62. The summed E-state index contributed by atoms with van der Waals surface area (Å²) in [4.78, 5) is 34.6. The zero-order chi connectivity index (χ0) is 16.5. The lowest BCUT2D eigenvalue weighted by Gasteiger charge is -2.14. The molecule has 3 heterocycles. The minimum Gasteiger partial charge on any atom is -0.342 e. The SMILES string of the molecule is O=C(Cc1nc2scc(-c3ccccc3)c2c(=O)[nH]1)N1CCCC1. The predicted molar refractivity (Wildman–Crippen MR) is 95.2 cm³/mol. The highest BCUT2D eigenvalue weighted by atomic mass is 32.1. The lowest BCUT2D eigenvalue weighted by molar-refractivity contribution is -0.129. The topological polar surface area (TPSA) is 66.1 Å². The molecule has 1 saturated heterocycles. The van der Waals surface area contributed by atoms with Crippen molar-refractivity contribution in [2.45, 2.75) is 19.3 Å². The van der Waals surface area contributed by atoms with Crippen molar-refractivity contribution >= 4 is 27.5 Å². The van der Waals surface area contributed by atoms with Crippen LogP contribution in [0.1, 0.15) is 18.7 Å². The molecule has 0 bridgehead atoms. The molecular weight excluding hydrogens is 322 g/mol. The molecule has 1 N–H and O–H groups in total. The van der Waals surface area contributed by atoms with Gasteiger partial charge in [-0.25, -0.2) is 4.98 Å². The number of H-pyrrole nitrogens is 1. The first-order valence-corrected chi connectivity index (χ1v) is 8.94. The molecule has 0 saturated carbocycles. The van der Waals surface area contributed by atoms with Crippen LogP contribution in [-0.2, 0) is 11.2 Å². The molecule has 1 aliphatic rings. The molecule has 24 heavy (non-hydrogen) atoms. The summed E-state index contributed by atoms with van der Waals surface area (Å²) >= 11 is 1.44. The summed E-state index contributed by atoms with van der Waals surface area (Å²) < 4.78 is 0. The average molecular weight is 339 g/mol. The Kier molecular flexibility index (Phi) is 3.90. The van der Waals surface area contributed by atoms with Gasteiger partial charge in [-0.05, 0) is 18.4 Å². The van der Waals surface area contributed by atoms with E-state index in [4.69, 9.17) is 0 Å². The molecule has 0 spiro atoms. The van der Waals surface area contributed by atoms with Gasteiger partial charge in [0.15, 0.2) is 0 Å². The van der Waals surface area contributed by atoms with Gasteiger partial charge in [-0.2, -0.15) is 0 Å². The third kappa shape index (κ3) is 2.73. The van der Waals surface area contributed by atoms with Crippen molar-refractivity contribution in [3.63, 3.8) is 0 Å². The standard InChI is InChI=1S/C18H17N3O2S/c22-15(21-8-4-5-9-21)10-14-19-17(23)16-13(11-24-18(16)20-14)12-6-2-1-3-7-12/h1-3,6-7,11H,4-5,8-10H2,(H,19,20,23). The van der Waals surface area contributed by atoms with Gasteiger partial charge in [0.25, 0.3) is 5.56 Å². The number of thiophene rings is 1. The molecule has 3 aromatic rings. The molecule has 122 valence electrons. The molecule has 5 nitrogen and oxygen atoms in total. The van der Waals surface area contributed by atoms with Crippen LogP contribution in [0.5, 0.6) is 0 Å². The zero-order valence-electron chi connectivity index (χ0n) is 13.1. The second kappa shape index (κ2) is 6.20. The van der Waals surface area contributed by atoms with Crippen molar-refractivity contribution in [3.8, 4) is 11.1 Å². The fourth-order valence-electron chi connectivity index (χ4n) is 3.13. The predicted octanol–water partition coefficient (Wildman–Crippen LogP) is 2.82. The van der Waals surface area contributed by atoms with Crippen LogP contribution in [0.3, 0.4) is 0 Å². The quantitative estimate of drug-likeness (QED) is 0.798. The first-order valence-electron chi connectivity index (χ1n) is 8.06. The highest BCUT2D eigenvalue weighted by Crippen LogP contribution is 2.30. The van der Waals surface area contributed by atoms with Gasteiger partial charge in [0.1, 0.15) is 10.7 Å².